The normalized spacial score (nSPS) is 17.3. The van der Waals surface area contributed by atoms with Crippen LogP contribution in [0.1, 0.15) is 38.7 Å². The van der Waals surface area contributed by atoms with E-state index in [1.807, 2.05) is 0 Å². The van der Waals surface area contributed by atoms with Gasteiger partial charge in [0.2, 0.25) is 0 Å². The lowest BCUT2D eigenvalue weighted by Crippen LogP contribution is -2.44. The number of piperidine rings is 1. The van der Waals surface area contributed by atoms with Crippen molar-refractivity contribution in [1.82, 2.24) is 10.2 Å². The van der Waals surface area contributed by atoms with Gasteiger partial charge in [-0.25, -0.2) is 0 Å². The first kappa shape index (κ1) is 18.0. The number of hydrogen-bond acceptors (Lipinski definition) is 3. The van der Waals surface area contributed by atoms with E-state index >= 15 is 0 Å². The topological polar surface area (TPSA) is 52.6 Å². The van der Waals surface area contributed by atoms with Crippen molar-refractivity contribution in [2.45, 2.75) is 45.6 Å². The fourth-order valence-corrected chi connectivity index (χ4v) is 2.99. The van der Waals surface area contributed by atoms with Gasteiger partial charge in [0.15, 0.2) is 0 Å². The van der Waals surface area contributed by atoms with Crippen molar-refractivity contribution >= 4 is 5.97 Å². The molecule has 1 heterocycles. The van der Waals surface area contributed by atoms with Gasteiger partial charge in [0.25, 0.3) is 0 Å². The highest BCUT2D eigenvalue weighted by atomic mass is 16.4. The van der Waals surface area contributed by atoms with E-state index in [1.165, 1.54) is 5.56 Å². The van der Waals surface area contributed by atoms with E-state index in [1.54, 1.807) is 13.8 Å². The summed E-state index contributed by atoms with van der Waals surface area (Å²) in [5.41, 5.74) is 0.771. The number of nitrogens with one attached hydrogen (secondary N) is 1. The van der Waals surface area contributed by atoms with Crippen molar-refractivity contribution in [1.29, 1.82) is 0 Å². The Morgan fingerprint density at radius 3 is 2.52 bits per heavy atom. The fraction of sp³-hybridized carbons (Fsp3) is 0.632. The molecule has 0 unspecified atom stereocenters. The maximum Gasteiger partial charge on any atom is 0.309 e. The molecule has 1 aliphatic rings. The molecule has 0 aromatic heterocycles. The Hall–Kier alpha value is -1.39. The van der Waals surface area contributed by atoms with Crippen LogP contribution in [0.25, 0.3) is 0 Å². The second-order valence-electron chi connectivity index (χ2n) is 7.24. The van der Waals surface area contributed by atoms with Gasteiger partial charge in [-0.1, -0.05) is 30.3 Å². The monoisotopic (exact) mass is 318 g/mol. The van der Waals surface area contributed by atoms with Gasteiger partial charge in [-0.3, -0.25) is 4.79 Å². The van der Waals surface area contributed by atoms with Crippen LogP contribution in [0.15, 0.2) is 30.3 Å². The summed E-state index contributed by atoms with van der Waals surface area (Å²) in [5, 5.41) is 12.7. The minimum Gasteiger partial charge on any atom is -0.481 e. The van der Waals surface area contributed by atoms with E-state index in [2.05, 4.69) is 40.5 Å². The third-order valence-electron chi connectivity index (χ3n) is 4.91. The lowest BCUT2D eigenvalue weighted by molar-refractivity contribution is -0.147. The molecule has 2 rings (SSSR count). The zero-order chi connectivity index (χ0) is 16.7. The second kappa shape index (κ2) is 8.46. The highest BCUT2D eigenvalue weighted by molar-refractivity contribution is 5.73. The number of carbonyl (C=O) groups is 1. The van der Waals surface area contributed by atoms with Gasteiger partial charge < -0.3 is 15.3 Å². The SMILES string of the molecule is CC(C)(CCNC1CCN(CCc2ccccc2)CC1)C(=O)O. The number of rotatable bonds is 8. The molecular formula is C19H30N2O2. The largest absolute Gasteiger partial charge is 0.481 e. The van der Waals surface area contributed by atoms with E-state index in [9.17, 15) is 4.79 Å². The van der Waals surface area contributed by atoms with Crippen LogP contribution in [0.5, 0.6) is 0 Å². The minimum absolute atomic E-state index is 0.535. The van der Waals surface area contributed by atoms with E-state index < -0.39 is 11.4 Å². The molecule has 1 aliphatic heterocycles. The quantitative estimate of drug-likeness (QED) is 0.774. The number of benzene rings is 1. The molecule has 0 bridgehead atoms. The van der Waals surface area contributed by atoms with Crippen LogP contribution in [0.3, 0.4) is 0 Å². The van der Waals surface area contributed by atoms with Gasteiger partial charge in [0.05, 0.1) is 5.41 Å². The molecule has 4 nitrogen and oxygen atoms in total. The second-order valence-corrected chi connectivity index (χ2v) is 7.24. The third-order valence-corrected chi connectivity index (χ3v) is 4.91. The average molecular weight is 318 g/mol. The molecular weight excluding hydrogens is 288 g/mol. The lowest BCUT2D eigenvalue weighted by Gasteiger charge is -2.33. The van der Waals surface area contributed by atoms with Crippen LogP contribution in [0, 0.1) is 5.41 Å². The summed E-state index contributed by atoms with van der Waals surface area (Å²) in [6.45, 7) is 7.77. The first-order valence-electron chi connectivity index (χ1n) is 8.70. The number of carboxylic acids is 1. The molecule has 1 aromatic carbocycles. The Balaban J connectivity index is 1.61. The van der Waals surface area contributed by atoms with E-state index in [0.717, 1.165) is 45.4 Å². The summed E-state index contributed by atoms with van der Waals surface area (Å²) in [6, 6.07) is 11.2. The number of carboxylic acid groups (broad SMARTS) is 1. The smallest absolute Gasteiger partial charge is 0.309 e. The molecule has 0 radical (unpaired) electrons. The van der Waals surface area contributed by atoms with Crippen LogP contribution in [0.4, 0.5) is 0 Å². The van der Waals surface area contributed by atoms with Crippen LogP contribution in [0.2, 0.25) is 0 Å². The van der Waals surface area contributed by atoms with Gasteiger partial charge >= 0.3 is 5.97 Å². The van der Waals surface area contributed by atoms with Crippen molar-refractivity contribution < 1.29 is 9.90 Å². The number of aliphatic carboxylic acids is 1. The number of likely N-dealkylation sites (tertiary alicyclic amines) is 1. The van der Waals surface area contributed by atoms with Crippen LogP contribution in [-0.2, 0) is 11.2 Å². The average Bonchev–Trinajstić information content (AvgIpc) is 2.55. The molecule has 1 aromatic rings. The van der Waals surface area contributed by atoms with Crippen molar-refractivity contribution in [3.05, 3.63) is 35.9 Å². The molecule has 128 valence electrons. The molecule has 2 N–H and O–H groups in total. The van der Waals surface area contributed by atoms with E-state index in [4.69, 9.17) is 5.11 Å². The Morgan fingerprint density at radius 2 is 1.91 bits per heavy atom. The highest BCUT2D eigenvalue weighted by Crippen LogP contribution is 2.20. The fourth-order valence-electron chi connectivity index (χ4n) is 2.99. The first-order chi connectivity index (χ1) is 11.0. The minimum atomic E-state index is -0.713. The summed E-state index contributed by atoms with van der Waals surface area (Å²) in [5.74, 6) is -0.713. The molecule has 0 saturated carbocycles. The highest BCUT2D eigenvalue weighted by Gasteiger charge is 2.27. The van der Waals surface area contributed by atoms with Crippen LogP contribution < -0.4 is 5.32 Å². The lowest BCUT2D eigenvalue weighted by atomic mass is 9.89. The Bertz CT molecular complexity index is 479. The van der Waals surface area contributed by atoms with Crippen LogP contribution in [-0.4, -0.2) is 48.2 Å². The summed E-state index contributed by atoms with van der Waals surface area (Å²) in [6.07, 6.45) is 4.10. The van der Waals surface area contributed by atoms with Gasteiger partial charge in [-0.2, -0.15) is 0 Å². The third kappa shape index (κ3) is 5.96. The maximum absolute atomic E-state index is 11.1. The summed E-state index contributed by atoms with van der Waals surface area (Å²) in [4.78, 5) is 13.6. The number of hydrogen-bond donors (Lipinski definition) is 2. The maximum atomic E-state index is 11.1. The van der Waals surface area contributed by atoms with Gasteiger partial charge in [-0.15, -0.1) is 0 Å². The molecule has 1 saturated heterocycles. The van der Waals surface area contributed by atoms with Gasteiger partial charge in [0.1, 0.15) is 0 Å². The standard InChI is InChI=1S/C19H30N2O2/c1-19(2,18(22)23)11-12-20-17-9-14-21(15-10-17)13-8-16-6-4-3-5-7-16/h3-7,17,20H,8-15H2,1-2H3,(H,22,23). The van der Waals surface area contributed by atoms with Crippen molar-refractivity contribution in [2.24, 2.45) is 5.41 Å². The molecule has 0 spiro atoms. The summed E-state index contributed by atoms with van der Waals surface area (Å²) in [7, 11) is 0. The Kier molecular flexibility index (Phi) is 6.60. The molecule has 4 heteroatoms. The molecule has 0 amide bonds. The molecule has 0 atom stereocenters. The van der Waals surface area contributed by atoms with Crippen molar-refractivity contribution in [3.8, 4) is 0 Å². The van der Waals surface area contributed by atoms with Crippen LogP contribution >= 0.6 is 0 Å². The van der Waals surface area contributed by atoms with Gasteiger partial charge in [0, 0.05) is 12.6 Å². The van der Waals surface area contributed by atoms with E-state index in [0.29, 0.717) is 12.5 Å². The Labute approximate surface area is 139 Å². The van der Waals surface area contributed by atoms with Crippen molar-refractivity contribution in [3.63, 3.8) is 0 Å². The summed E-state index contributed by atoms with van der Waals surface area (Å²) >= 11 is 0. The summed E-state index contributed by atoms with van der Waals surface area (Å²) < 4.78 is 0. The molecule has 1 fully saturated rings. The van der Waals surface area contributed by atoms with E-state index in [-0.39, 0.29) is 0 Å². The zero-order valence-corrected chi connectivity index (χ0v) is 14.4. The predicted octanol–water partition coefficient (Wildman–Crippen LogP) is 2.78. The van der Waals surface area contributed by atoms with Crippen molar-refractivity contribution in [2.75, 3.05) is 26.2 Å². The van der Waals surface area contributed by atoms with Gasteiger partial charge in [-0.05, 0) is 64.7 Å². The predicted molar refractivity (Wildman–Crippen MR) is 93.6 cm³/mol. The molecule has 0 aliphatic carbocycles. The Morgan fingerprint density at radius 1 is 1.26 bits per heavy atom. The zero-order valence-electron chi connectivity index (χ0n) is 14.4. The first-order valence-corrected chi connectivity index (χ1v) is 8.70. The molecule has 23 heavy (non-hydrogen) atoms. The number of nitrogens with zero attached hydrogens (tertiary/aromatic N) is 1.